The number of nitrogens with zero attached hydrogens (tertiary/aromatic N) is 1. The van der Waals surface area contributed by atoms with Gasteiger partial charge >= 0.3 is 12.4 Å². The van der Waals surface area contributed by atoms with Gasteiger partial charge in [-0.05, 0) is 18.2 Å². The number of hydrogen-bond donors (Lipinski definition) is 0. The molecule has 0 saturated heterocycles. The van der Waals surface area contributed by atoms with E-state index in [0.717, 1.165) is 18.2 Å². The molecule has 0 aliphatic heterocycles. The Balaban J connectivity index is 2.97. The molecule has 0 fully saturated rings. The molecular weight excluding hydrogens is 351 g/mol. The van der Waals surface area contributed by atoms with Gasteiger partial charge in [-0.15, -0.1) is 11.8 Å². The molecule has 10 heteroatoms. The van der Waals surface area contributed by atoms with Crippen molar-refractivity contribution in [1.82, 2.24) is 0 Å². The third kappa shape index (κ3) is 5.80. The minimum atomic E-state index is -4.82. The Morgan fingerprint density at radius 3 is 2.25 bits per heavy atom. The first-order valence-corrected chi connectivity index (χ1v) is 6.53. The average molecular weight is 356 g/mol. The number of benzene rings is 1. The van der Waals surface area contributed by atoms with Gasteiger partial charge in [-0.3, -0.25) is 0 Å². The smallest absolute Gasteiger partial charge is 0.232 e. The van der Waals surface area contributed by atoms with Crippen LogP contribution in [0.3, 0.4) is 0 Å². The van der Waals surface area contributed by atoms with Gasteiger partial charge in [0.25, 0.3) is 0 Å². The molecule has 0 bridgehead atoms. The standard InChI is InChI=1S/C10H5Cl2F6NS/c11-6-2-1-5(19-8(12)10(16,17)18)3-7(6)20-4-9(13,14)15/h1-3H,4H2. The minimum absolute atomic E-state index is 0.0127. The van der Waals surface area contributed by atoms with Gasteiger partial charge in [-0.25, -0.2) is 4.99 Å². The summed E-state index contributed by atoms with van der Waals surface area (Å²) in [5.41, 5.74) is -0.235. The Hall–Kier alpha value is -0.600. The number of halogens is 8. The summed E-state index contributed by atoms with van der Waals surface area (Å²) in [6.07, 6.45) is -9.24. The molecule has 0 aliphatic rings. The molecule has 0 atom stereocenters. The monoisotopic (exact) mass is 355 g/mol. The molecule has 0 aliphatic carbocycles. The van der Waals surface area contributed by atoms with E-state index >= 15 is 0 Å². The van der Waals surface area contributed by atoms with Crippen LogP contribution in [0.4, 0.5) is 32.0 Å². The highest BCUT2D eigenvalue weighted by atomic mass is 35.5. The number of hydrogen-bond acceptors (Lipinski definition) is 2. The zero-order valence-electron chi connectivity index (χ0n) is 9.32. The van der Waals surface area contributed by atoms with E-state index in [-0.39, 0.29) is 15.6 Å². The van der Waals surface area contributed by atoms with E-state index in [1.807, 2.05) is 0 Å². The van der Waals surface area contributed by atoms with E-state index in [2.05, 4.69) is 4.99 Å². The maximum absolute atomic E-state index is 12.2. The highest BCUT2D eigenvalue weighted by Crippen LogP contribution is 2.35. The predicted molar refractivity (Wildman–Crippen MR) is 67.2 cm³/mol. The fourth-order valence-electron chi connectivity index (χ4n) is 1.01. The van der Waals surface area contributed by atoms with Crippen molar-refractivity contribution in [3.63, 3.8) is 0 Å². The Morgan fingerprint density at radius 2 is 1.75 bits per heavy atom. The summed E-state index contributed by atoms with van der Waals surface area (Å²) >= 11 is 11.0. The van der Waals surface area contributed by atoms with Gasteiger partial charge < -0.3 is 0 Å². The van der Waals surface area contributed by atoms with Crippen molar-refractivity contribution in [2.45, 2.75) is 17.2 Å². The fourth-order valence-corrected chi connectivity index (χ4v) is 2.12. The van der Waals surface area contributed by atoms with Gasteiger partial charge in [0.2, 0.25) is 5.17 Å². The van der Waals surface area contributed by atoms with Gasteiger partial charge in [-0.1, -0.05) is 23.2 Å². The molecule has 0 radical (unpaired) electrons. The molecule has 20 heavy (non-hydrogen) atoms. The zero-order valence-corrected chi connectivity index (χ0v) is 11.6. The summed E-state index contributed by atoms with van der Waals surface area (Å²) in [5, 5.41) is -1.63. The molecule has 0 spiro atoms. The number of alkyl halides is 6. The van der Waals surface area contributed by atoms with Crippen molar-refractivity contribution < 1.29 is 26.3 Å². The summed E-state index contributed by atoms with van der Waals surface area (Å²) in [6, 6.07) is 3.28. The first-order chi connectivity index (χ1) is 8.99. The molecule has 1 rings (SSSR count). The molecule has 1 aromatic rings. The van der Waals surface area contributed by atoms with Crippen LogP contribution in [0.25, 0.3) is 0 Å². The first kappa shape index (κ1) is 17.5. The SMILES string of the molecule is FC(F)(F)CSc1cc(N=C(Cl)C(F)(F)F)ccc1Cl. The van der Waals surface area contributed by atoms with Crippen LogP contribution in [-0.4, -0.2) is 23.3 Å². The topological polar surface area (TPSA) is 12.4 Å². The molecule has 0 amide bonds. The quantitative estimate of drug-likeness (QED) is 0.377. The van der Waals surface area contributed by atoms with Gasteiger partial charge in [0, 0.05) is 4.90 Å². The molecule has 0 heterocycles. The fraction of sp³-hybridized carbons (Fsp3) is 0.300. The maximum Gasteiger partial charge on any atom is 0.444 e. The van der Waals surface area contributed by atoms with Crippen molar-refractivity contribution in [3.05, 3.63) is 23.2 Å². The molecular formula is C10H5Cl2F6NS. The van der Waals surface area contributed by atoms with Gasteiger partial charge in [0.1, 0.15) is 0 Å². The third-order valence-corrected chi connectivity index (χ3v) is 3.63. The van der Waals surface area contributed by atoms with E-state index in [9.17, 15) is 26.3 Å². The van der Waals surface area contributed by atoms with Crippen molar-refractivity contribution in [2.24, 2.45) is 4.99 Å². The summed E-state index contributed by atoms with van der Waals surface area (Å²) in [7, 11) is 0. The molecule has 1 aromatic carbocycles. The van der Waals surface area contributed by atoms with Gasteiger partial charge in [0.15, 0.2) is 0 Å². The van der Waals surface area contributed by atoms with Crippen LogP contribution < -0.4 is 0 Å². The molecule has 0 N–H and O–H groups in total. The Labute approximate surface area is 124 Å². The molecule has 1 nitrogen and oxygen atoms in total. The molecule has 112 valence electrons. The van der Waals surface area contributed by atoms with E-state index < -0.39 is 23.3 Å². The Morgan fingerprint density at radius 1 is 1.15 bits per heavy atom. The highest BCUT2D eigenvalue weighted by Gasteiger charge is 2.34. The van der Waals surface area contributed by atoms with Crippen molar-refractivity contribution in [2.75, 3.05) is 5.75 Å². The lowest BCUT2D eigenvalue weighted by Gasteiger charge is -2.08. The lowest BCUT2D eigenvalue weighted by atomic mass is 10.3. The largest absolute Gasteiger partial charge is 0.444 e. The van der Waals surface area contributed by atoms with Gasteiger partial charge in [-0.2, -0.15) is 26.3 Å². The second kappa shape index (κ2) is 6.44. The molecule has 0 saturated carbocycles. The van der Waals surface area contributed by atoms with E-state index in [0.29, 0.717) is 11.8 Å². The maximum atomic E-state index is 12.2. The van der Waals surface area contributed by atoms with Crippen LogP contribution in [0, 0.1) is 0 Å². The van der Waals surface area contributed by atoms with Crippen LogP contribution in [0.2, 0.25) is 5.02 Å². The van der Waals surface area contributed by atoms with Gasteiger partial charge in [0.05, 0.1) is 16.5 Å². The number of aliphatic imine (C=N–C) groups is 1. The minimum Gasteiger partial charge on any atom is -0.232 e. The van der Waals surface area contributed by atoms with E-state index in [4.69, 9.17) is 23.2 Å². The second-order valence-corrected chi connectivity index (χ2v) is 5.20. The predicted octanol–water partition coefficient (Wildman–Crippen LogP) is 5.83. The Bertz CT molecular complexity index is 511. The van der Waals surface area contributed by atoms with E-state index in [1.54, 1.807) is 0 Å². The van der Waals surface area contributed by atoms with Crippen molar-refractivity contribution >= 4 is 45.8 Å². The Kier molecular flexibility index (Phi) is 5.62. The summed E-state index contributed by atoms with van der Waals surface area (Å²) in [5.74, 6) is -1.22. The van der Waals surface area contributed by atoms with Crippen LogP contribution >= 0.6 is 35.0 Å². The molecule has 0 aromatic heterocycles. The highest BCUT2D eigenvalue weighted by molar-refractivity contribution is 7.99. The third-order valence-electron chi connectivity index (χ3n) is 1.77. The summed E-state index contributed by atoms with van der Waals surface area (Å²) < 4.78 is 72.8. The van der Waals surface area contributed by atoms with E-state index in [1.165, 1.54) is 0 Å². The van der Waals surface area contributed by atoms with Crippen LogP contribution in [0.1, 0.15) is 0 Å². The number of thioether (sulfide) groups is 1. The summed E-state index contributed by atoms with van der Waals surface area (Å²) in [6.45, 7) is 0. The van der Waals surface area contributed by atoms with Crippen molar-refractivity contribution in [3.8, 4) is 0 Å². The summed E-state index contributed by atoms with van der Waals surface area (Å²) in [4.78, 5) is 3.05. The van der Waals surface area contributed by atoms with Crippen LogP contribution in [0.15, 0.2) is 28.1 Å². The average Bonchev–Trinajstić information content (AvgIpc) is 2.27. The van der Waals surface area contributed by atoms with Crippen molar-refractivity contribution in [1.29, 1.82) is 0 Å². The lowest BCUT2D eigenvalue weighted by molar-refractivity contribution is -0.105. The zero-order chi connectivity index (χ0) is 15.6. The number of rotatable bonds is 3. The first-order valence-electron chi connectivity index (χ1n) is 4.79. The van der Waals surface area contributed by atoms with Crippen LogP contribution in [0.5, 0.6) is 0 Å². The molecule has 0 unspecified atom stereocenters. The van der Waals surface area contributed by atoms with Crippen LogP contribution in [-0.2, 0) is 0 Å². The second-order valence-electron chi connectivity index (χ2n) is 3.42. The lowest BCUT2D eigenvalue weighted by Crippen LogP contribution is -2.16. The normalized spacial score (nSPS) is 13.7.